The van der Waals surface area contributed by atoms with Crippen LogP contribution in [0.3, 0.4) is 0 Å². The van der Waals surface area contributed by atoms with Crippen LogP contribution in [-0.2, 0) is 16.0 Å². The van der Waals surface area contributed by atoms with Crippen molar-refractivity contribution in [2.24, 2.45) is 5.73 Å². The van der Waals surface area contributed by atoms with Crippen LogP contribution >= 0.6 is 11.3 Å². The second-order valence-electron chi connectivity index (χ2n) is 3.23. The van der Waals surface area contributed by atoms with Crippen LogP contribution in [0.2, 0.25) is 0 Å². The van der Waals surface area contributed by atoms with Crippen LogP contribution in [0.25, 0.3) is 0 Å². The van der Waals surface area contributed by atoms with E-state index in [2.05, 4.69) is 15.5 Å². The molecule has 0 unspecified atom stereocenters. The van der Waals surface area contributed by atoms with Crippen molar-refractivity contribution in [2.45, 2.75) is 19.3 Å². The van der Waals surface area contributed by atoms with Gasteiger partial charge in [0.25, 0.3) is 5.91 Å². The Hall–Kier alpha value is -1.05. The molecule has 1 aromatic rings. The number of unbranched alkanes of at least 4 members (excludes halogenated alkanes) is 1. The average molecular weight is 244 g/mol. The molecule has 1 aromatic heterocycles. The molecule has 1 rings (SSSR count). The lowest BCUT2D eigenvalue weighted by Crippen LogP contribution is -2.16. The molecule has 0 aliphatic carbocycles. The monoisotopic (exact) mass is 244 g/mol. The summed E-state index contributed by atoms with van der Waals surface area (Å²) in [5.41, 5.74) is 5.39. The number of aromatic nitrogens is 2. The number of anilines is 1. The molecule has 1 heterocycles. The highest BCUT2D eigenvalue weighted by Crippen LogP contribution is 2.16. The Balaban J connectivity index is 2.36. The van der Waals surface area contributed by atoms with Gasteiger partial charge in [0.1, 0.15) is 11.6 Å². The number of rotatable bonds is 7. The van der Waals surface area contributed by atoms with Gasteiger partial charge >= 0.3 is 0 Å². The van der Waals surface area contributed by atoms with E-state index in [1.54, 1.807) is 0 Å². The molecule has 0 spiro atoms. The van der Waals surface area contributed by atoms with Gasteiger partial charge in [-0.05, 0) is 19.4 Å². The SMILES string of the molecule is COCC(=O)Nc1nnc(CCCCN)s1. The summed E-state index contributed by atoms with van der Waals surface area (Å²) in [6.45, 7) is 0.721. The van der Waals surface area contributed by atoms with Crippen molar-refractivity contribution in [3.63, 3.8) is 0 Å². The Bertz CT molecular complexity index is 329. The van der Waals surface area contributed by atoms with Crippen molar-refractivity contribution < 1.29 is 9.53 Å². The van der Waals surface area contributed by atoms with Crippen molar-refractivity contribution in [1.29, 1.82) is 0 Å². The number of nitrogens with zero attached hydrogens (tertiary/aromatic N) is 2. The predicted octanol–water partition coefficient (Wildman–Crippen LogP) is 0.404. The Morgan fingerprint density at radius 3 is 3.00 bits per heavy atom. The summed E-state index contributed by atoms with van der Waals surface area (Å²) >= 11 is 1.39. The summed E-state index contributed by atoms with van der Waals surface area (Å²) < 4.78 is 4.69. The molecular formula is C9H16N4O2S. The number of methoxy groups -OCH3 is 1. The molecule has 0 atom stereocenters. The Morgan fingerprint density at radius 2 is 2.31 bits per heavy atom. The fourth-order valence-electron chi connectivity index (χ4n) is 1.11. The zero-order chi connectivity index (χ0) is 11.8. The summed E-state index contributed by atoms with van der Waals surface area (Å²) in [5, 5.41) is 11.9. The smallest absolute Gasteiger partial charge is 0.252 e. The first-order valence-corrected chi connectivity index (χ1v) is 5.89. The maximum Gasteiger partial charge on any atom is 0.252 e. The summed E-state index contributed by atoms with van der Waals surface area (Å²) in [5.74, 6) is -0.216. The first kappa shape index (κ1) is 13.0. The van der Waals surface area contributed by atoms with E-state index in [9.17, 15) is 4.79 Å². The largest absolute Gasteiger partial charge is 0.375 e. The lowest BCUT2D eigenvalue weighted by atomic mass is 10.2. The molecule has 7 heteroatoms. The minimum absolute atomic E-state index is 0.0298. The molecule has 0 bridgehead atoms. The molecule has 0 aliphatic rings. The molecule has 0 fully saturated rings. The Labute approximate surface area is 98.2 Å². The van der Waals surface area contributed by atoms with Gasteiger partial charge in [0.2, 0.25) is 5.13 Å². The van der Waals surface area contributed by atoms with Crippen LogP contribution in [-0.4, -0.2) is 36.4 Å². The maximum atomic E-state index is 11.2. The number of carbonyl (C=O) groups excluding carboxylic acids is 1. The van der Waals surface area contributed by atoms with Crippen molar-refractivity contribution in [3.05, 3.63) is 5.01 Å². The van der Waals surface area contributed by atoms with E-state index in [-0.39, 0.29) is 12.5 Å². The Morgan fingerprint density at radius 1 is 1.50 bits per heavy atom. The first-order valence-electron chi connectivity index (χ1n) is 5.07. The number of nitrogens with two attached hydrogens (primary N) is 1. The van der Waals surface area contributed by atoms with Gasteiger partial charge in [0.05, 0.1) is 0 Å². The van der Waals surface area contributed by atoms with E-state index >= 15 is 0 Å². The third-order valence-corrected chi connectivity index (χ3v) is 2.73. The molecule has 90 valence electrons. The summed E-state index contributed by atoms with van der Waals surface area (Å²) in [6, 6.07) is 0. The van der Waals surface area contributed by atoms with Crippen LogP contribution in [0.1, 0.15) is 17.8 Å². The van der Waals surface area contributed by atoms with Gasteiger partial charge in [-0.15, -0.1) is 10.2 Å². The number of hydrogen-bond donors (Lipinski definition) is 2. The topological polar surface area (TPSA) is 90.1 Å². The number of amides is 1. The van der Waals surface area contributed by atoms with Gasteiger partial charge in [0, 0.05) is 13.5 Å². The minimum Gasteiger partial charge on any atom is -0.375 e. The molecule has 0 saturated heterocycles. The fourth-order valence-corrected chi connectivity index (χ4v) is 1.91. The van der Waals surface area contributed by atoms with E-state index in [0.717, 1.165) is 24.3 Å². The highest BCUT2D eigenvalue weighted by molar-refractivity contribution is 7.15. The maximum absolute atomic E-state index is 11.2. The lowest BCUT2D eigenvalue weighted by Gasteiger charge is -1.97. The third-order valence-electron chi connectivity index (χ3n) is 1.83. The van der Waals surface area contributed by atoms with E-state index in [1.165, 1.54) is 18.4 Å². The Kier molecular flexibility index (Phi) is 5.91. The molecule has 16 heavy (non-hydrogen) atoms. The second-order valence-corrected chi connectivity index (χ2v) is 4.29. The number of carbonyl (C=O) groups is 1. The van der Waals surface area contributed by atoms with Gasteiger partial charge in [-0.2, -0.15) is 0 Å². The molecule has 0 saturated carbocycles. The highest BCUT2D eigenvalue weighted by Gasteiger charge is 2.07. The van der Waals surface area contributed by atoms with E-state index < -0.39 is 0 Å². The van der Waals surface area contributed by atoms with Crippen molar-refractivity contribution in [3.8, 4) is 0 Å². The first-order chi connectivity index (χ1) is 7.76. The number of hydrogen-bond acceptors (Lipinski definition) is 6. The summed E-state index contributed by atoms with van der Waals surface area (Å²) in [7, 11) is 1.47. The molecule has 6 nitrogen and oxygen atoms in total. The van der Waals surface area contributed by atoms with Crippen molar-refractivity contribution >= 4 is 22.4 Å². The molecule has 3 N–H and O–H groups in total. The number of ether oxygens (including phenoxy) is 1. The van der Waals surface area contributed by atoms with Crippen LogP contribution in [0.5, 0.6) is 0 Å². The quantitative estimate of drug-likeness (QED) is 0.678. The van der Waals surface area contributed by atoms with E-state index in [4.69, 9.17) is 10.5 Å². The summed E-state index contributed by atoms with van der Waals surface area (Å²) in [6.07, 6.45) is 2.83. The van der Waals surface area contributed by atoms with E-state index in [0.29, 0.717) is 11.7 Å². The molecule has 0 radical (unpaired) electrons. The van der Waals surface area contributed by atoms with E-state index in [1.807, 2.05) is 0 Å². The van der Waals surface area contributed by atoms with Gasteiger partial charge < -0.3 is 10.5 Å². The van der Waals surface area contributed by atoms with Crippen molar-refractivity contribution in [1.82, 2.24) is 10.2 Å². The standard InChI is InChI=1S/C9H16N4O2S/c1-15-6-7(14)11-9-13-12-8(16-9)4-2-3-5-10/h2-6,10H2,1H3,(H,11,13,14). The predicted molar refractivity (Wildman–Crippen MR) is 62.4 cm³/mol. The molecule has 0 aliphatic heterocycles. The van der Waals surface area contributed by atoms with Gasteiger partial charge in [-0.3, -0.25) is 10.1 Å². The fraction of sp³-hybridized carbons (Fsp3) is 0.667. The van der Waals surface area contributed by atoms with Gasteiger partial charge in [-0.25, -0.2) is 0 Å². The normalized spacial score (nSPS) is 10.4. The molecular weight excluding hydrogens is 228 g/mol. The summed E-state index contributed by atoms with van der Waals surface area (Å²) in [4.78, 5) is 11.2. The zero-order valence-electron chi connectivity index (χ0n) is 9.23. The minimum atomic E-state index is -0.216. The van der Waals surface area contributed by atoms with Gasteiger partial charge in [-0.1, -0.05) is 11.3 Å². The van der Waals surface area contributed by atoms with Crippen LogP contribution in [0.15, 0.2) is 0 Å². The molecule has 0 aromatic carbocycles. The van der Waals surface area contributed by atoms with Crippen LogP contribution < -0.4 is 11.1 Å². The molecule has 1 amide bonds. The third kappa shape index (κ3) is 4.65. The van der Waals surface area contributed by atoms with Crippen LogP contribution in [0.4, 0.5) is 5.13 Å². The van der Waals surface area contributed by atoms with Gasteiger partial charge in [0.15, 0.2) is 0 Å². The number of nitrogens with one attached hydrogen (secondary N) is 1. The van der Waals surface area contributed by atoms with Crippen molar-refractivity contribution in [2.75, 3.05) is 25.6 Å². The second kappa shape index (κ2) is 7.26. The highest BCUT2D eigenvalue weighted by atomic mass is 32.1. The average Bonchev–Trinajstić information content (AvgIpc) is 2.66. The lowest BCUT2D eigenvalue weighted by molar-refractivity contribution is -0.119. The van der Waals surface area contributed by atoms with Crippen LogP contribution in [0, 0.1) is 0 Å². The zero-order valence-corrected chi connectivity index (χ0v) is 10.0. The number of aryl methyl sites for hydroxylation is 1.